The first-order valence-electron chi connectivity index (χ1n) is 5.85. The Morgan fingerprint density at radius 1 is 1.25 bits per heavy atom. The number of aryl methyl sites for hydroxylation is 1. The van der Waals surface area contributed by atoms with Crippen molar-refractivity contribution in [2.24, 2.45) is 0 Å². The van der Waals surface area contributed by atoms with Gasteiger partial charge in [0, 0.05) is 16.8 Å². The lowest BCUT2D eigenvalue weighted by atomic mass is 10.4. The third-order valence-electron chi connectivity index (χ3n) is 2.81. The molecule has 20 heavy (non-hydrogen) atoms. The van der Waals surface area contributed by atoms with Crippen molar-refractivity contribution in [3.63, 3.8) is 0 Å². The molecule has 1 fully saturated rings. The summed E-state index contributed by atoms with van der Waals surface area (Å²) in [6.45, 7) is 1.84. The molecular formula is C12H13N3O4S. The highest BCUT2D eigenvalue weighted by atomic mass is 32.1. The molecule has 5 amide bonds. The SMILES string of the molecule is Cc1ccc(CNC(=O)CN2C(=O)C(=O)N(C)C2=O)s1. The molecule has 1 N–H and O–H groups in total. The van der Waals surface area contributed by atoms with Gasteiger partial charge in [0.1, 0.15) is 6.54 Å². The predicted octanol–water partition coefficient (Wildman–Crippen LogP) is 0.0933. The van der Waals surface area contributed by atoms with Gasteiger partial charge in [-0.15, -0.1) is 11.3 Å². The average molecular weight is 295 g/mol. The van der Waals surface area contributed by atoms with E-state index in [9.17, 15) is 19.2 Å². The number of hydrogen-bond acceptors (Lipinski definition) is 5. The van der Waals surface area contributed by atoms with Crippen molar-refractivity contribution in [3.8, 4) is 0 Å². The van der Waals surface area contributed by atoms with Crippen molar-refractivity contribution in [3.05, 3.63) is 21.9 Å². The minimum absolute atomic E-state index is 0.331. The van der Waals surface area contributed by atoms with E-state index >= 15 is 0 Å². The number of urea groups is 1. The lowest BCUT2D eigenvalue weighted by molar-refractivity contribution is -0.143. The molecule has 0 spiro atoms. The quantitative estimate of drug-likeness (QED) is 0.630. The summed E-state index contributed by atoms with van der Waals surface area (Å²) in [5.41, 5.74) is 0. The molecule has 0 radical (unpaired) electrons. The molecule has 2 heterocycles. The molecule has 2 rings (SSSR count). The number of amides is 5. The van der Waals surface area contributed by atoms with Crippen LogP contribution in [0.2, 0.25) is 0 Å². The van der Waals surface area contributed by atoms with Crippen molar-refractivity contribution in [2.45, 2.75) is 13.5 Å². The second kappa shape index (κ2) is 5.41. The molecule has 1 aliphatic rings. The molecule has 1 aliphatic heterocycles. The Labute approximate surface area is 119 Å². The van der Waals surface area contributed by atoms with E-state index in [4.69, 9.17) is 0 Å². The second-order valence-corrected chi connectivity index (χ2v) is 5.70. The number of imide groups is 2. The fraction of sp³-hybridized carbons (Fsp3) is 0.333. The molecule has 0 saturated carbocycles. The van der Waals surface area contributed by atoms with Crippen LogP contribution >= 0.6 is 11.3 Å². The summed E-state index contributed by atoms with van der Waals surface area (Å²) in [7, 11) is 1.20. The molecule has 8 heteroatoms. The van der Waals surface area contributed by atoms with Gasteiger partial charge in [0.2, 0.25) is 5.91 Å². The average Bonchev–Trinajstić information content (AvgIpc) is 2.91. The summed E-state index contributed by atoms with van der Waals surface area (Å²) >= 11 is 1.55. The zero-order valence-corrected chi connectivity index (χ0v) is 11.8. The number of rotatable bonds is 4. The molecule has 1 aromatic rings. The Balaban J connectivity index is 1.90. The number of carbonyl (C=O) groups is 4. The van der Waals surface area contributed by atoms with Gasteiger partial charge in [0.05, 0.1) is 6.54 Å². The molecular weight excluding hydrogens is 282 g/mol. The number of hydrogen-bond donors (Lipinski definition) is 1. The standard InChI is InChI=1S/C12H13N3O4S/c1-7-3-4-8(20-7)5-13-9(16)6-15-11(18)10(17)14(2)12(15)19/h3-4H,5-6H2,1-2H3,(H,13,16). The summed E-state index contributed by atoms with van der Waals surface area (Å²) in [5, 5.41) is 2.61. The van der Waals surface area contributed by atoms with Gasteiger partial charge in [0.25, 0.3) is 0 Å². The second-order valence-electron chi connectivity index (χ2n) is 4.33. The maximum Gasteiger partial charge on any atom is 0.334 e. The van der Waals surface area contributed by atoms with E-state index in [1.54, 1.807) is 11.3 Å². The van der Waals surface area contributed by atoms with Gasteiger partial charge in [0.15, 0.2) is 0 Å². The van der Waals surface area contributed by atoms with Crippen LogP contribution in [0.5, 0.6) is 0 Å². The van der Waals surface area contributed by atoms with Crippen LogP contribution in [0.3, 0.4) is 0 Å². The smallest absolute Gasteiger partial charge is 0.334 e. The monoisotopic (exact) mass is 295 g/mol. The van der Waals surface area contributed by atoms with Crippen LogP contribution in [0.4, 0.5) is 4.79 Å². The molecule has 1 saturated heterocycles. The van der Waals surface area contributed by atoms with E-state index in [0.29, 0.717) is 16.3 Å². The van der Waals surface area contributed by atoms with Crippen LogP contribution < -0.4 is 5.32 Å². The molecule has 7 nitrogen and oxygen atoms in total. The lowest BCUT2D eigenvalue weighted by Crippen LogP contribution is -2.40. The normalized spacial score (nSPS) is 15.2. The number of nitrogens with one attached hydrogen (secondary N) is 1. The summed E-state index contributed by atoms with van der Waals surface area (Å²) in [4.78, 5) is 49.5. The predicted molar refractivity (Wildman–Crippen MR) is 70.8 cm³/mol. The van der Waals surface area contributed by atoms with Crippen molar-refractivity contribution in [2.75, 3.05) is 13.6 Å². The van der Waals surface area contributed by atoms with Crippen molar-refractivity contribution in [1.82, 2.24) is 15.1 Å². The van der Waals surface area contributed by atoms with Crippen LogP contribution in [-0.2, 0) is 20.9 Å². The van der Waals surface area contributed by atoms with E-state index in [0.717, 1.165) is 9.75 Å². The van der Waals surface area contributed by atoms with Gasteiger partial charge in [-0.2, -0.15) is 0 Å². The highest BCUT2D eigenvalue weighted by Gasteiger charge is 2.42. The van der Waals surface area contributed by atoms with Crippen LogP contribution in [0, 0.1) is 6.92 Å². The van der Waals surface area contributed by atoms with Gasteiger partial charge in [-0.05, 0) is 19.1 Å². The zero-order valence-electron chi connectivity index (χ0n) is 11.0. The Bertz CT molecular complexity index is 595. The number of likely N-dealkylation sites (N-methyl/N-ethyl adjacent to an activating group) is 1. The van der Waals surface area contributed by atoms with Crippen LogP contribution in [0.15, 0.2) is 12.1 Å². The first kappa shape index (κ1) is 14.2. The van der Waals surface area contributed by atoms with Crippen molar-refractivity contribution < 1.29 is 19.2 Å². The minimum atomic E-state index is -0.973. The number of carbonyl (C=O) groups excluding carboxylic acids is 4. The fourth-order valence-corrected chi connectivity index (χ4v) is 2.55. The number of nitrogens with zero attached hydrogens (tertiary/aromatic N) is 2. The largest absolute Gasteiger partial charge is 0.350 e. The molecule has 0 unspecified atom stereocenters. The first-order valence-corrected chi connectivity index (χ1v) is 6.67. The maximum absolute atomic E-state index is 11.7. The molecule has 106 valence electrons. The zero-order chi connectivity index (χ0) is 14.9. The van der Waals surface area contributed by atoms with Crippen LogP contribution in [-0.4, -0.2) is 47.1 Å². The number of thiophene rings is 1. The summed E-state index contributed by atoms with van der Waals surface area (Å²) in [5.74, 6) is -2.38. The summed E-state index contributed by atoms with van der Waals surface area (Å²) in [6, 6.07) is 3.05. The van der Waals surface area contributed by atoms with E-state index in [1.165, 1.54) is 7.05 Å². The Morgan fingerprint density at radius 3 is 2.45 bits per heavy atom. The van der Waals surface area contributed by atoms with Gasteiger partial charge in [-0.25, -0.2) is 9.69 Å². The maximum atomic E-state index is 11.7. The van der Waals surface area contributed by atoms with E-state index < -0.39 is 30.3 Å². The summed E-state index contributed by atoms with van der Waals surface area (Å²) in [6.07, 6.45) is 0. The van der Waals surface area contributed by atoms with E-state index in [2.05, 4.69) is 5.32 Å². The third-order valence-corrected chi connectivity index (χ3v) is 3.81. The lowest BCUT2D eigenvalue weighted by Gasteiger charge is -2.12. The van der Waals surface area contributed by atoms with Crippen LogP contribution in [0.25, 0.3) is 0 Å². The topological polar surface area (TPSA) is 86.8 Å². The molecule has 0 bridgehead atoms. The molecule has 1 aromatic heterocycles. The Morgan fingerprint density at radius 2 is 1.95 bits per heavy atom. The Kier molecular flexibility index (Phi) is 3.84. The van der Waals surface area contributed by atoms with Crippen molar-refractivity contribution in [1.29, 1.82) is 0 Å². The third kappa shape index (κ3) is 2.69. The minimum Gasteiger partial charge on any atom is -0.350 e. The fourth-order valence-electron chi connectivity index (χ4n) is 1.72. The van der Waals surface area contributed by atoms with Gasteiger partial charge in [-0.1, -0.05) is 0 Å². The molecule has 0 aliphatic carbocycles. The van der Waals surface area contributed by atoms with E-state index in [-0.39, 0.29) is 0 Å². The van der Waals surface area contributed by atoms with Crippen molar-refractivity contribution >= 4 is 35.1 Å². The van der Waals surface area contributed by atoms with Gasteiger partial charge >= 0.3 is 17.8 Å². The summed E-state index contributed by atoms with van der Waals surface area (Å²) < 4.78 is 0. The van der Waals surface area contributed by atoms with Crippen LogP contribution in [0.1, 0.15) is 9.75 Å². The molecule has 0 aromatic carbocycles. The van der Waals surface area contributed by atoms with Gasteiger partial charge < -0.3 is 5.32 Å². The first-order chi connectivity index (χ1) is 9.40. The highest BCUT2D eigenvalue weighted by molar-refractivity contribution is 7.11. The Hall–Kier alpha value is -2.22. The molecule has 0 atom stereocenters. The van der Waals surface area contributed by atoms with Gasteiger partial charge in [-0.3, -0.25) is 19.3 Å². The highest BCUT2D eigenvalue weighted by Crippen LogP contribution is 2.14. The van der Waals surface area contributed by atoms with E-state index in [1.807, 2.05) is 19.1 Å².